The minimum atomic E-state index is -1.01. The van der Waals surface area contributed by atoms with Gasteiger partial charge in [0, 0.05) is 5.46 Å². The topological polar surface area (TPSA) is 64.7 Å². The van der Waals surface area contributed by atoms with E-state index in [1.165, 1.54) is 7.11 Å². The molecule has 0 aromatic heterocycles. The van der Waals surface area contributed by atoms with Crippen LogP contribution in [0.25, 0.3) is 0 Å². The molecule has 3 N–H and O–H groups in total. The zero-order valence-corrected chi connectivity index (χ0v) is 11.1. The van der Waals surface area contributed by atoms with Gasteiger partial charge in [0.15, 0.2) is 0 Å². The van der Waals surface area contributed by atoms with E-state index in [0.29, 0.717) is 22.8 Å². The first-order valence-corrected chi connectivity index (χ1v) is 6.24. The molecule has 1 aliphatic rings. The summed E-state index contributed by atoms with van der Waals surface area (Å²) in [6, 6.07) is 5.29. The number of hydrogen-bond donors (Lipinski definition) is 2. The highest BCUT2D eigenvalue weighted by Crippen LogP contribution is 2.41. The van der Waals surface area contributed by atoms with Crippen molar-refractivity contribution in [2.45, 2.75) is 32.3 Å². The van der Waals surface area contributed by atoms with Crippen molar-refractivity contribution >= 4 is 18.3 Å². The molecule has 1 aromatic rings. The highest BCUT2D eigenvalue weighted by Gasteiger charge is 2.41. The molecule has 1 fully saturated rings. The standard InChI is InChI=1S/C13H20BNO3/c1-13(2,9-7-8-9)18-14(16)10-5-4-6-11(15)12(10)17-3/h4-6,9,16H,7-8,15H2,1-3H3. The number of ether oxygens (including phenoxy) is 1. The third-order valence-corrected chi connectivity index (χ3v) is 3.52. The van der Waals surface area contributed by atoms with Gasteiger partial charge in [-0.1, -0.05) is 12.1 Å². The molecule has 98 valence electrons. The van der Waals surface area contributed by atoms with Crippen LogP contribution in [0.5, 0.6) is 5.75 Å². The van der Waals surface area contributed by atoms with Crippen LogP contribution in [0, 0.1) is 5.92 Å². The summed E-state index contributed by atoms with van der Waals surface area (Å²) in [7, 11) is 0.521. The molecule has 1 saturated carbocycles. The third-order valence-electron chi connectivity index (χ3n) is 3.52. The van der Waals surface area contributed by atoms with E-state index in [4.69, 9.17) is 15.1 Å². The maximum Gasteiger partial charge on any atom is 0.495 e. The second kappa shape index (κ2) is 4.82. The van der Waals surface area contributed by atoms with E-state index >= 15 is 0 Å². The quantitative estimate of drug-likeness (QED) is 0.607. The van der Waals surface area contributed by atoms with Crippen LogP contribution in [-0.2, 0) is 4.65 Å². The molecule has 2 rings (SSSR count). The maximum atomic E-state index is 10.2. The number of benzene rings is 1. The Labute approximate surface area is 108 Å². The fraction of sp³-hybridized carbons (Fsp3) is 0.538. The number of nitrogen functional groups attached to an aromatic ring is 1. The van der Waals surface area contributed by atoms with Gasteiger partial charge in [-0.3, -0.25) is 0 Å². The van der Waals surface area contributed by atoms with Gasteiger partial charge in [0.2, 0.25) is 0 Å². The Kier molecular flexibility index (Phi) is 3.55. The Hall–Kier alpha value is -1.20. The lowest BCUT2D eigenvalue weighted by molar-refractivity contribution is 0.0653. The zero-order chi connectivity index (χ0) is 13.3. The van der Waals surface area contributed by atoms with Gasteiger partial charge in [0.1, 0.15) is 5.75 Å². The summed E-state index contributed by atoms with van der Waals surface area (Å²) >= 11 is 0. The van der Waals surface area contributed by atoms with Gasteiger partial charge in [-0.15, -0.1) is 0 Å². The van der Waals surface area contributed by atoms with E-state index in [9.17, 15) is 5.02 Å². The van der Waals surface area contributed by atoms with Crippen LogP contribution in [0.15, 0.2) is 18.2 Å². The molecule has 0 spiro atoms. The van der Waals surface area contributed by atoms with Crippen molar-refractivity contribution in [1.82, 2.24) is 0 Å². The number of hydrogen-bond acceptors (Lipinski definition) is 4. The fourth-order valence-electron chi connectivity index (χ4n) is 2.23. The molecular formula is C13H20BNO3. The van der Waals surface area contributed by atoms with E-state index in [1.807, 2.05) is 13.8 Å². The minimum absolute atomic E-state index is 0.324. The van der Waals surface area contributed by atoms with Crippen molar-refractivity contribution in [3.05, 3.63) is 18.2 Å². The monoisotopic (exact) mass is 249 g/mol. The molecule has 0 radical (unpaired) electrons. The molecule has 0 saturated heterocycles. The number of para-hydroxylation sites is 1. The summed E-state index contributed by atoms with van der Waals surface area (Å²) in [6.07, 6.45) is 2.32. The molecule has 1 aromatic carbocycles. The van der Waals surface area contributed by atoms with Gasteiger partial charge in [-0.05, 0) is 38.7 Å². The van der Waals surface area contributed by atoms with Crippen molar-refractivity contribution in [3.8, 4) is 5.75 Å². The van der Waals surface area contributed by atoms with E-state index in [1.54, 1.807) is 18.2 Å². The number of anilines is 1. The predicted octanol–water partition coefficient (Wildman–Crippen LogP) is 1.17. The van der Waals surface area contributed by atoms with Crippen LogP contribution in [-0.4, -0.2) is 24.9 Å². The number of methoxy groups -OCH3 is 1. The molecule has 18 heavy (non-hydrogen) atoms. The number of rotatable bonds is 5. The van der Waals surface area contributed by atoms with Crippen LogP contribution in [0.1, 0.15) is 26.7 Å². The van der Waals surface area contributed by atoms with Crippen molar-refractivity contribution in [2.24, 2.45) is 5.92 Å². The van der Waals surface area contributed by atoms with Crippen LogP contribution in [0.4, 0.5) is 5.69 Å². The lowest BCUT2D eigenvalue weighted by atomic mass is 9.77. The average Bonchev–Trinajstić information content (AvgIpc) is 3.12. The second-order valence-corrected chi connectivity index (χ2v) is 5.32. The number of nitrogens with two attached hydrogens (primary N) is 1. The van der Waals surface area contributed by atoms with E-state index in [2.05, 4.69) is 0 Å². The Balaban J connectivity index is 2.18. The third kappa shape index (κ3) is 2.62. The predicted molar refractivity (Wildman–Crippen MR) is 72.9 cm³/mol. The highest BCUT2D eigenvalue weighted by molar-refractivity contribution is 6.61. The first-order chi connectivity index (χ1) is 8.45. The Morgan fingerprint density at radius 2 is 2.06 bits per heavy atom. The molecule has 0 amide bonds. The average molecular weight is 249 g/mol. The van der Waals surface area contributed by atoms with Crippen molar-refractivity contribution in [2.75, 3.05) is 12.8 Å². The molecule has 4 nitrogen and oxygen atoms in total. The molecule has 1 aliphatic carbocycles. The largest absolute Gasteiger partial charge is 0.495 e. The molecule has 0 atom stereocenters. The van der Waals surface area contributed by atoms with Gasteiger partial charge in [-0.2, -0.15) is 0 Å². The van der Waals surface area contributed by atoms with Gasteiger partial charge in [0.25, 0.3) is 0 Å². The lowest BCUT2D eigenvalue weighted by Gasteiger charge is -2.28. The van der Waals surface area contributed by atoms with Crippen molar-refractivity contribution < 1.29 is 14.4 Å². The Morgan fingerprint density at radius 3 is 2.61 bits per heavy atom. The first-order valence-electron chi connectivity index (χ1n) is 6.24. The van der Waals surface area contributed by atoms with Gasteiger partial charge in [0.05, 0.1) is 18.4 Å². The summed E-state index contributed by atoms with van der Waals surface area (Å²) in [6.45, 7) is 4.01. The minimum Gasteiger partial charge on any atom is -0.495 e. The van der Waals surface area contributed by atoms with Gasteiger partial charge < -0.3 is 20.1 Å². The molecule has 0 aliphatic heterocycles. The van der Waals surface area contributed by atoms with Crippen LogP contribution in [0.3, 0.4) is 0 Å². The SMILES string of the molecule is COc1c(N)cccc1B(O)OC(C)(C)C1CC1. The lowest BCUT2D eigenvalue weighted by Crippen LogP contribution is -2.43. The molecule has 0 unspecified atom stereocenters. The van der Waals surface area contributed by atoms with Crippen LogP contribution in [0.2, 0.25) is 0 Å². The fourth-order valence-corrected chi connectivity index (χ4v) is 2.23. The summed E-state index contributed by atoms with van der Waals surface area (Å²) in [5.41, 5.74) is 6.57. The summed E-state index contributed by atoms with van der Waals surface area (Å²) in [5.74, 6) is 1.01. The van der Waals surface area contributed by atoms with Gasteiger partial charge in [-0.25, -0.2) is 0 Å². The van der Waals surface area contributed by atoms with Gasteiger partial charge >= 0.3 is 7.12 Å². The summed E-state index contributed by atoms with van der Waals surface area (Å²) in [4.78, 5) is 0. The second-order valence-electron chi connectivity index (χ2n) is 5.32. The molecule has 5 heteroatoms. The van der Waals surface area contributed by atoms with Crippen molar-refractivity contribution in [1.29, 1.82) is 0 Å². The van der Waals surface area contributed by atoms with Crippen LogP contribution >= 0.6 is 0 Å². The Morgan fingerprint density at radius 1 is 1.39 bits per heavy atom. The molecule has 0 heterocycles. The normalized spacial score (nSPS) is 15.6. The maximum absolute atomic E-state index is 10.2. The molecule has 0 bridgehead atoms. The first kappa shape index (κ1) is 13.2. The highest BCUT2D eigenvalue weighted by atomic mass is 16.5. The van der Waals surface area contributed by atoms with E-state index in [-0.39, 0.29) is 5.60 Å². The zero-order valence-electron chi connectivity index (χ0n) is 11.1. The van der Waals surface area contributed by atoms with Crippen LogP contribution < -0.4 is 15.9 Å². The van der Waals surface area contributed by atoms with E-state index in [0.717, 1.165) is 12.8 Å². The Bertz CT molecular complexity index is 432. The van der Waals surface area contributed by atoms with E-state index < -0.39 is 7.12 Å². The van der Waals surface area contributed by atoms with Crippen molar-refractivity contribution in [3.63, 3.8) is 0 Å². The summed E-state index contributed by atoms with van der Waals surface area (Å²) in [5, 5.41) is 10.2. The summed E-state index contributed by atoms with van der Waals surface area (Å²) < 4.78 is 11.0. The molecular weight excluding hydrogens is 229 g/mol. The smallest absolute Gasteiger partial charge is 0.495 e.